The number of ether oxygens (including phenoxy) is 1. The van der Waals surface area contributed by atoms with E-state index in [-0.39, 0.29) is 17.8 Å². The van der Waals surface area contributed by atoms with Gasteiger partial charge in [-0.3, -0.25) is 9.59 Å². The minimum absolute atomic E-state index is 0.164. The third kappa shape index (κ3) is 1.69. The summed E-state index contributed by atoms with van der Waals surface area (Å²) in [4.78, 5) is 21.5. The second kappa shape index (κ2) is 2.90. The number of esters is 1. The number of amides is 1. The van der Waals surface area contributed by atoms with Gasteiger partial charge in [0.2, 0.25) is 0 Å². The minimum Gasteiger partial charge on any atom is -0.450 e. The Morgan fingerprint density at radius 3 is 2.64 bits per heavy atom. The Kier molecular flexibility index (Phi) is 2.12. The van der Waals surface area contributed by atoms with Gasteiger partial charge in [0, 0.05) is 0 Å². The Balaban J connectivity index is 2.31. The minimum atomic E-state index is -0.537. The molecule has 1 rings (SSSR count). The standard InChI is InChI=1S/C7H11NO3/c1-4(2)7(10)11-5-3-8-6(5)9/h4-5H,3H2,1-2H3,(H,8,9). The molecule has 11 heavy (non-hydrogen) atoms. The van der Waals surface area contributed by atoms with Gasteiger partial charge in [0.1, 0.15) is 0 Å². The van der Waals surface area contributed by atoms with Crippen LogP contribution in [0.15, 0.2) is 0 Å². The van der Waals surface area contributed by atoms with Gasteiger partial charge in [0.05, 0.1) is 12.5 Å². The first kappa shape index (κ1) is 8.04. The molecule has 4 nitrogen and oxygen atoms in total. The number of hydrogen-bond donors (Lipinski definition) is 1. The maximum absolute atomic E-state index is 10.9. The lowest BCUT2D eigenvalue weighted by Crippen LogP contribution is -2.55. The third-order valence-electron chi connectivity index (χ3n) is 1.48. The highest BCUT2D eigenvalue weighted by molar-refractivity contribution is 5.89. The van der Waals surface area contributed by atoms with Gasteiger partial charge in [-0.25, -0.2) is 0 Å². The average molecular weight is 157 g/mol. The van der Waals surface area contributed by atoms with Crippen LogP contribution in [0.5, 0.6) is 0 Å². The summed E-state index contributed by atoms with van der Waals surface area (Å²) in [5, 5.41) is 2.49. The summed E-state index contributed by atoms with van der Waals surface area (Å²) in [6.45, 7) is 3.93. The lowest BCUT2D eigenvalue weighted by molar-refractivity contribution is -0.164. The fourth-order valence-corrected chi connectivity index (χ4v) is 0.640. The summed E-state index contributed by atoms with van der Waals surface area (Å²) in [7, 11) is 0. The summed E-state index contributed by atoms with van der Waals surface area (Å²) in [5.74, 6) is -0.674. The SMILES string of the molecule is CC(C)C(=O)OC1CNC1=O. The Morgan fingerprint density at radius 2 is 2.36 bits per heavy atom. The second-order valence-electron chi connectivity index (χ2n) is 2.83. The van der Waals surface area contributed by atoms with Gasteiger partial charge in [-0.2, -0.15) is 0 Å². The number of hydrogen-bond acceptors (Lipinski definition) is 3. The predicted molar refractivity (Wildman–Crippen MR) is 37.7 cm³/mol. The fraction of sp³-hybridized carbons (Fsp3) is 0.714. The molecule has 1 fully saturated rings. The first-order chi connectivity index (χ1) is 5.11. The quantitative estimate of drug-likeness (QED) is 0.441. The first-order valence-electron chi connectivity index (χ1n) is 3.59. The van der Waals surface area contributed by atoms with E-state index in [1.54, 1.807) is 13.8 Å². The van der Waals surface area contributed by atoms with E-state index in [1.165, 1.54) is 0 Å². The highest BCUT2D eigenvalue weighted by atomic mass is 16.6. The zero-order chi connectivity index (χ0) is 8.43. The van der Waals surface area contributed by atoms with Crippen LogP contribution in [0, 0.1) is 5.92 Å². The van der Waals surface area contributed by atoms with Crippen LogP contribution in [0.2, 0.25) is 0 Å². The molecule has 0 spiro atoms. The number of nitrogens with one attached hydrogen (secondary N) is 1. The normalized spacial score (nSPS) is 22.5. The molecule has 0 aromatic rings. The molecule has 0 saturated carbocycles. The van der Waals surface area contributed by atoms with Crippen molar-refractivity contribution >= 4 is 11.9 Å². The van der Waals surface area contributed by atoms with Gasteiger partial charge >= 0.3 is 5.97 Å². The maximum atomic E-state index is 10.9. The van der Waals surface area contributed by atoms with Crippen molar-refractivity contribution in [2.75, 3.05) is 6.54 Å². The maximum Gasteiger partial charge on any atom is 0.309 e. The Labute approximate surface area is 64.9 Å². The number of carbonyl (C=O) groups excluding carboxylic acids is 2. The van der Waals surface area contributed by atoms with Crippen molar-refractivity contribution in [2.45, 2.75) is 20.0 Å². The zero-order valence-electron chi connectivity index (χ0n) is 6.59. The lowest BCUT2D eigenvalue weighted by Gasteiger charge is -2.25. The fourth-order valence-electron chi connectivity index (χ4n) is 0.640. The molecule has 1 amide bonds. The smallest absolute Gasteiger partial charge is 0.309 e. The van der Waals surface area contributed by atoms with Crippen molar-refractivity contribution in [2.24, 2.45) is 5.92 Å². The van der Waals surface area contributed by atoms with Gasteiger partial charge in [-0.1, -0.05) is 13.8 Å². The van der Waals surface area contributed by atoms with Crippen LogP contribution < -0.4 is 5.32 Å². The van der Waals surface area contributed by atoms with Crippen molar-refractivity contribution < 1.29 is 14.3 Å². The van der Waals surface area contributed by atoms with Gasteiger partial charge in [0.25, 0.3) is 5.91 Å². The molecule has 0 radical (unpaired) electrons. The third-order valence-corrected chi connectivity index (χ3v) is 1.48. The van der Waals surface area contributed by atoms with E-state index in [9.17, 15) is 9.59 Å². The Morgan fingerprint density at radius 1 is 1.73 bits per heavy atom. The van der Waals surface area contributed by atoms with Crippen molar-refractivity contribution in [1.82, 2.24) is 5.32 Å². The predicted octanol–water partition coefficient (Wildman–Crippen LogP) is -0.316. The van der Waals surface area contributed by atoms with E-state index in [0.29, 0.717) is 6.54 Å². The van der Waals surface area contributed by atoms with Crippen LogP contribution in [0.3, 0.4) is 0 Å². The molecule has 1 N–H and O–H groups in total. The average Bonchev–Trinajstić information content (AvgIpc) is 1.96. The molecule has 0 aromatic heterocycles. The van der Waals surface area contributed by atoms with E-state index in [1.807, 2.05) is 0 Å². The van der Waals surface area contributed by atoms with Gasteiger partial charge in [-0.15, -0.1) is 0 Å². The van der Waals surface area contributed by atoms with Gasteiger partial charge < -0.3 is 10.1 Å². The van der Waals surface area contributed by atoms with Crippen molar-refractivity contribution in [1.29, 1.82) is 0 Å². The molecule has 0 bridgehead atoms. The molecule has 4 heteroatoms. The highest BCUT2D eigenvalue weighted by Crippen LogP contribution is 2.05. The van der Waals surface area contributed by atoms with Crippen LogP contribution >= 0.6 is 0 Å². The molecular weight excluding hydrogens is 146 g/mol. The van der Waals surface area contributed by atoms with Crippen molar-refractivity contribution in [3.8, 4) is 0 Å². The molecule has 1 heterocycles. The first-order valence-corrected chi connectivity index (χ1v) is 3.59. The summed E-state index contributed by atoms with van der Waals surface area (Å²) >= 11 is 0. The highest BCUT2D eigenvalue weighted by Gasteiger charge is 2.31. The molecule has 0 aromatic carbocycles. The largest absolute Gasteiger partial charge is 0.450 e. The monoisotopic (exact) mass is 157 g/mol. The number of carbonyl (C=O) groups is 2. The summed E-state index contributed by atoms with van der Waals surface area (Å²) in [6.07, 6.45) is -0.537. The van der Waals surface area contributed by atoms with Crippen LogP contribution in [0.1, 0.15) is 13.8 Å². The number of rotatable bonds is 2. The zero-order valence-corrected chi connectivity index (χ0v) is 6.59. The molecule has 62 valence electrons. The van der Waals surface area contributed by atoms with Crippen LogP contribution in [0.25, 0.3) is 0 Å². The molecule has 1 saturated heterocycles. The Hall–Kier alpha value is -1.06. The van der Waals surface area contributed by atoms with Crippen molar-refractivity contribution in [3.05, 3.63) is 0 Å². The van der Waals surface area contributed by atoms with Crippen LogP contribution in [-0.2, 0) is 14.3 Å². The van der Waals surface area contributed by atoms with Gasteiger partial charge in [0.15, 0.2) is 6.10 Å². The summed E-state index contributed by atoms with van der Waals surface area (Å²) in [5.41, 5.74) is 0. The summed E-state index contributed by atoms with van der Waals surface area (Å²) < 4.78 is 4.81. The number of β-lactam (4-membered cyclic amide) rings is 1. The summed E-state index contributed by atoms with van der Waals surface area (Å²) in [6, 6.07) is 0. The van der Waals surface area contributed by atoms with E-state index >= 15 is 0 Å². The molecule has 1 unspecified atom stereocenters. The molecular formula is C7H11NO3. The lowest BCUT2D eigenvalue weighted by atomic mass is 10.2. The molecule has 1 aliphatic heterocycles. The molecule has 0 aliphatic carbocycles. The van der Waals surface area contributed by atoms with E-state index in [4.69, 9.17) is 4.74 Å². The molecule has 1 atom stereocenters. The Bertz CT molecular complexity index is 188. The molecule has 1 aliphatic rings. The van der Waals surface area contributed by atoms with E-state index in [2.05, 4.69) is 5.32 Å². The topological polar surface area (TPSA) is 55.4 Å². The van der Waals surface area contributed by atoms with Gasteiger partial charge in [-0.05, 0) is 0 Å². The van der Waals surface area contributed by atoms with E-state index in [0.717, 1.165) is 0 Å². The van der Waals surface area contributed by atoms with Crippen molar-refractivity contribution in [3.63, 3.8) is 0 Å². The second-order valence-corrected chi connectivity index (χ2v) is 2.83. The van der Waals surface area contributed by atoms with Crippen LogP contribution in [0.4, 0.5) is 0 Å². The van der Waals surface area contributed by atoms with E-state index < -0.39 is 6.10 Å². The van der Waals surface area contributed by atoms with Crippen LogP contribution in [-0.4, -0.2) is 24.5 Å².